The highest BCUT2D eigenvalue weighted by Gasteiger charge is 2.43. The van der Waals surface area contributed by atoms with Crippen LogP contribution in [0.5, 0.6) is 0 Å². The van der Waals surface area contributed by atoms with Crippen LogP contribution in [0.15, 0.2) is 66.2 Å². The molecule has 0 radical (unpaired) electrons. The number of benzene rings is 1. The summed E-state index contributed by atoms with van der Waals surface area (Å²) in [5.41, 5.74) is 1.81. The first-order chi connectivity index (χ1) is 12.0. The van der Waals surface area contributed by atoms with E-state index in [0.29, 0.717) is 0 Å². The lowest BCUT2D eigenvalue weighted by atomic mass is 9.91. The summed E-state index contributed by atoms with van der Waals surface area (Å²) in [5.74, 6) is -1.50. The largest absolute Gasteiger partial charge is 0.503 e. The molecule has 5 heteroatoms. The lowest BCUT2D eigenvalue weighted by molar-refractivity contribution is -0.130. The Morgan fingerprint density at radius 2 is 1.92 bits per heavy atom. The number of pyridine rings is 1. The van der Waals surface area contributed by atoms with Crippen LogP contribution in [0, 0.1) is 5.92 Å². The van der Waals surface area contributed by atoms with Crippen molar-refractivity contribution < 1.29 is 14.7 Å². The third-order valence-corrected chi connectivity index (χ3v) is 4.28. The molecule has 25 heavy (non-hydrogen) atoms. The second-order valence-corrected chi connectivity index (χ2v) is 6.39. The number of aliphatic hydroxyl groups is 1. The summed E-state index contributed by atoms with van der Waals surface area (Å²) in [6.07, 6.45) is 3.34. The van der Waals surface area contributed by atoms with Gasteiger partial charge in [0.05, 0.1) is 11.6 Å². The normalized spacial score (nSPS) is 17.5. The second-order valence-electron chi connectivity index (χ2n) is 6.39. The van der Waals surface area contributed by atoms with Crippen LogP contribution < -0.4 is 0 Å². The smallest absolute Gasteiger partial charge is 0.290 e. The first kappa shape index (κ1) is 16.9. The molecule has 1 atom stereocenters. The van der Waals surface area contributed by atoms with Crippen LogP contribution in [-0.2, 0) is 16.1 Å². The molecule has 3 rings (SSSR count). The van der Waals surface area contributed by atoms with Gasteiger partial charge in [-0.1, -0.05) is 50.2 Å². The molecule has 1 amide bonds. The Morgan fingerprint density at radius 3 is 2.52 bits per heavy atom. The monoisotopic (exact) mass is 336 g/mol. The minimum Gasteiger partial charge on any atom is -0.503 e. The van der Waals surface area contributed by atoms with Crippen LogP contribution in [0.3, 0.4) is 0 Å². The van der Waals surface area contributed by atoms with E-state index in [-0.39, 0.29) is 23.8 Å². The van der Waals surface area contributed by atoms with Crippen molar-refractivity contribution in [3.05, 3.63) is 77.3 Å². The summed E-state index contributed by atoms with van der Waals surface area (Å²) in [6.45, 7) is 3.79. The van der Waals surface area contributed by atoms with Crippen LogP contribution in [0.1, 0.15) is 31.0 Å². The number of carbonyl (C=O) groups is 2. The molecular weight excluding hydrogens is 316 g/mol. The molecule has 1 aromatic carbocycles. The average Bonchev–Trinajstić information content (AvgIpc) is 2.87. The fourth-order valence-electron chi connectivity index (χ4n) is 3.05. The number of aromatic nitrogens is 1. The summed E-state index contributed by atoms with van der Waals surface area (Å²) in [7, 11) is 0. The van der Waals surface area contributed by atoms with Crippen molar-refractivity contribution in [2.75, 3.05) is 0 Å². The number of amides is 1. The number of ketones is 1. The quantitative estimate of drug-likeness (QED) is 0.910. The van der Waals surface area contributed by atoms with Gasteiger partial charge in [0.25, 0.3) is 5.91 Å². The molecule has 1 aromatic heterocycles. The number of carbonyl (C=O) groups excluding carboxylic acids is 2. The van der Waals surface area contributed by atoms with Crippen molar-refractivity contribution in [2.45, 2.75) is 26.4 Å². The van der Waals surface area contributed by atoms with Gasteiger partial charge >= 0.3 is 0 Å². The van der Waals surface area contributed by atoms with Gasteiger partial charge in [-0.15, -0.1) is 0 Å². The van der Waals surface area contributed by atoms with Gasteiger partial charge in [0.1, 0.15) is 0 Å². The zero-order valence-electron chi connectivity index (χ0n) is 14.2. The van der Waals surface area contributed by atoms with Gasteiger partial charge in [-0.25, -0.2) is 0 Å². The molecule has 0 saturated heterocycles. The predicted molar refractivity (Wildman–Crippen MR) is 93.5 cm³/mol. The molecule has 128 valence electrons. The number of hydrogen-bond donors (Lipinski definition) is 1. The molecule has 0 bridgehead atoms. The molecule has 1 aliphatic rings. The maximum atomic E-state index is 12.7. The molecule has 5 nitrogen and oxygen atoms in total. The van der Waals surface area contributed by atoms with E-state index in [9.17, 15) is 14.7 Å². The summed E-state index contributed by atoms with van der Waals surface area (Å²) < 4.78 is 0. The lowest BCUT2D eigenvalue weighted by Crippen LogP contribution is -2.31. The van der Waals surface area contributed by atoms with Crippen molar-refractivity contribution in [1.29, 1.82) is 0 Å². The van der Waals surface area contributed by atoms with Crippen molar-refractivity contribution in [2.24, 2.45) is 5.92 Å². The van der Waals surface area contributed by atoms with Gasteiger partial charge in [0.2, 0.25) is 0 Å². The molecule has 2 heterocycles. The Bertz CT molecular complexity index is 813. The first-order valence-corrected chi connectivity index (χ1v) is 8.23. The molecule has 1 unspecified atom stereocenters. The standard InChI is InChI=1S/C20H20N2O3/c1-13(2)18(23)16-17(15-8-4-3-5-9-15)22(20(25)19(16)24)12-14-7-6-10-21-11-14/h3-11,13,17,24H,12H2,1-2H3. The Hall–Kier alpha value is -2.95. The summed E-state index contributed by atoms with van der Waals surface area (Å²) >= 11 is 0. The van der Waals surface area contributed by atoms with Gasteiger partial charge < -0.3 is 10.0 Å². The molecule has 2 aromatic rings. The van der Waals surface area contributed by atoms with Crippen molar-refractivity contribution in [3.8, 4) is 0 Å². The maximum absolute atomic E-state index is 12.7. The molecular formula is C20H20N2O3. The Balaban J connectivity index is 2.06. The van der Waals surface area contributed by atoms with E-state index < -0.39 is 17.7 Å². The average molecular weight is 336 g/mol. The Kier molecular flexibility index (Phi) is 4.65. The minimum absolute atomic E-state index is 0.176. The number of Topliss-reactive ketones (excluding diaryl/α,β-unsaturated/α-hetero) is 1. The summed E-state index contributed by atoms with van der Waals surface area (Å²) in [5, 5.41) is 10.4. The SMILES string of the molecule is CC(C)C(=O)C1=C(O)C(=O)N(Cc2cccnc2)C1c1ccccc1. The van der Waals surface area contributed by atoms with Crippen LogP contribution in [0.25, 0.3) is 0 Å². The fraction of sp³-hybridized carbons (Fsp3) is 0.250. The van der Waals surface area contributed by atoms with Crippen molar-refractivity contribution >= 4 is 11.7 Å². The van der Waals surface area contributed by atoms with Gasteiger partial charge in [0.15, 0.2) is 11.5 Å². The second kappa shape index (κ2) is 6.89. The number of nitrogens with zero attached hydrogens (tertiary/aromatic N) is 2. The molecule has 0 spiro atoms. The van der Waals surface area contributed by atoms with Gasteiger partial charge in [-0.05, 0) is 17.2 Å². The van der Waals surface area contributed by atoms with E-state index in [4.69, 9.17) is 0 Å². The number of rotatable bonds is 5. The fourth-order valence-corrected chi connectivity index (χ4v) is 3.05. The van der Waals surface area contributed by atoms with E-state index in [0.717, 1.165) is 11.1 Å². The van der Waals surface area contributed by atoms with E-state index in [2.05, 4.69) is 4.98 Å². The van der Waals surface area contributed by atoms with Gasteiger partial charge in [-0.2, -0.15) is 0 Å². The van der Waals surface area contributed by atoms with Gasteiger partial charge in [-0.3, -0.25) is 14.6 Å². The molecule has 0 fully saturated rings. The van der Waals surface area contributed by atoms with Crippen molar-refractivity contribution in [3.63, 3.8) is 0 Å². The maximum Gasteiger partial charge on any atom is 0.290 e. The minimum atomic E-state index is -0.594. The molecule has 0 aliphatic carbocycles. The number of hydrogen-bond acceptors (Lipinski definition) is 4. The zero-order valence-corrected chi connectivity index (χ0v) is 14.2. The highest BCUT2D eigenvalue weighted by molar-refractivity contribution is 6.09. The van der Waals surface area contributed by atoms with E-state index in [1.165, 1.54) is 4.90 Å². The highest BCUT2D eigenvalue weighted by Crippen LogP contribution is 2.39. The number of aliphatic hydroxyl groups excluding tert-OH is 1. The zero-order chi connectivity index (χ0) is 18.0. The third-order valence-electron chi connectivity index (χ3n) is 4.28. The van der Waals surface area contributed by atoms with Crippen LogP contribution >= 0.6 is 0 Å². The van der Waals surface area contributed by atoms with Crippen LogP contribution in [0.4, 0.5) is 0 Å². The molecule has 1 N–H and O–H groups in total. The third kappa shape index (κ3) is 3.18. The Labute approximate surface area is 146 Å². The topological polar surface area (TPSA) is 70.5 Å². The molecule has 0 saturated carbocycles. The van der Waals surface area contributed by atoms with Crippen molar-refractivity contribution in [1.82, 2.24) is 9.88 Å². The molecule has 1 aliphatic heterocycles. The Morgan fingerprint density at radius 1 is 1.20 bits per heavy atom. The predicted octanol–water partition coefficient (Wildman–Crippen LogP) is 3.20. The summed E-state index contributed by atoms with van der Waals surface area (Å²) in [6, 6.07) is 12.4. The van der Waals surface area contributed by atoms with E-state index >= 15 is 0 Å². The van der Waals surface area contributed by atoms with E-state index in [1.807, 2.05) is 36.4 Å². The van der Waals surface area contributed by atoms with Crippen LogP contribution in [-0.4, -0.2) is 26.7 Å². The van der Waals surface area contributed by atoms with E-state index in [1.54, 1.807) is 32.3 Å². The summed E-state index contributed by atoms with van der Waals surface area (Å²) in [4.78, 5) is 30.9. The lowest BCUT2D eigenvalue weighted by Gasteiger charge is -2.27. The van der Waals surface area contributed by atoms with Gasteiger partial charge in [0, 0.05) is 24.9 Å². The first-order valence-electron chi connectivity index (χ1n) is 8.23. The van der Waals surface area contributed by atoms with Crippen LogP contribution in [0.2, 0.25) is 0 Å². The highest BCUT2D eigenvalue weighted by atomic mass is 16.3.